The lowest BCUT2D eigenvalue weighted by Gasteiger charge is -2.07. The van der Waals surface area contributed by atoms with Crippen LogP contribution in [-0.2, 0) is 0 Å². The number of aromatic nitrogens is 3. The maximum atomic E-state index is 12.8. The predicted molar refractivity (Wildman–Crippen MR) is 121 cm³/mol. The highest BCUT2D eigenvalue weighted by Crippen LogP contribution is 2.25. The summed E-state index contributed by atoms with van der Waals surface area (Å²) in [5.74, 6) is 0.161. The van der Waals surface area contributed by atoms with Gasteiger partial charge in [-0.3, -0.25) is 4.79 Å². The van der Waals surface area contributed by atoms with E-state index in [0.717, 1.165) is 22.4 Å². The first kappa shape index (κ1) is 20.1. The molecule has 5 nitrogen and oxygen atoms in total. The van der Waals surface area contributed by atoms with E-state index in [1.54, 1.807) is 22.9 Å². The van der Waals surface area contributed by atoms with Gasteiger partial charge in [-0.15, -0.1) is 5.10 Å². The zero-order valence-corrected chi connectivity index (χ0v) is 17.9. The maximum Gasteiger partial charge on any atom is 0.295 e. The number of halogens is 2. The van der Waals surface area contributed by atoms with Gasteiger partial charge in [0.25, 0.3) is 5.91 Å². The molecule has 1 N–H and O–H groups in total. The largest absolute Gasteiger partial charge is 0.319 e. The highest BCUT2D eigenvalue weighted by atomic mass is 35.5. The molecule has 7 heteroatoms. The zero-order valence-electron chi connectivity index (χ0n) is 16.4. The van der Waals surface area contributed by atoms with Gasteiger partial charge in [0.05, 0.1) is 5.69 Å². The summed E-state index contributed by atoms with van der Waals surface area (Å²) in [6.07, 6.45) is 0. The molecule has 4 rings (SSSR count). The van der Waals surface area contributed by atoms with Crippen LogP contribution in [-0.4, -0.2) is 20.7 Å². The monoisotopic (exact) mass is 436 g/mol. The number of nitrogens with zero attached hydrogens (tertiary/aromatic N) is 3. The summed E-state index contributed by atoms with van der Waals surface area (Å²) in [6, 6.07) is 20.5. The number of amides is 1. The van der Waals surface area contributed by atoms with Gasteiger partial charge >= 0.3 is 0 Å². The lowest BCUT2D eigenvalue weighted by Crippen LogP contribution is -2.14. The number of carbonyl (C=O) groups excluding carboxylic acids is 1. The molecule has 3 aromatic carbocycles. The summed E-state index contributed by atoms with van der Waals surface area (Å²) < 4.78 is 1.62. The van der Waals surface area contributed by atoms with Gasteiger partial charge in [-0.2, -0.15) is 0 Å². The van der Waals surface area contributed by atoms with Crippen molar-refractivity contribution in [1.82, 2.24) is 14.8 Å². The molecule has 0 atom stereocenters. The van der Waals surface area contributed by atoms with Gasteiger partial charge < -0.3 is 5.32 Å². The molecule has 0 saturated heterocycles. The third-order valence-corrected chi connectivity index (χ3v) is 5.49. The SMILES string of the molecule is Cc1ccc(NC(=O)c2nc(-c3ccccc3)n(-c3ccc(C)c(Cl)c3)n2)cc1Cl. The lowest BCUT2D eigenvalue weighted by molar-refractivity contribution is 0.101. The minimum atomic E-state index is -0.427. The van der Waals surface area contributed by atoms with Crippen molar-refractivity contribution < 1.29 is 4.79 Å². The fourth-order valence-electron chi connectivity index (χ4n) is 2.93. The molecule has 0 aliphatic rings. The number of nitrogens with one attached hydrogen (secondary N) is 1. The third kappa shape index (κ3) is 4.08. The van der Waals surface area contributed by atoms with Crippen molar-refractivity contribution in [1.29, 1.82) is 0 Å². The summed E-state index contributed by atoms with van der Waals surface area (Å²) in [7, 11) is 0. The van der Waals surface area contributed by atoms with Crippen molar-refractivity contribution in [3.05, 3.63) is 93.7 Å². The molecule has 0 saturated carbocycles. The van der Waals surface area contributed by atoms with E-state index >= 15 is 0 Å². The summed E-state index contributed by atoms with van der Waals surface area (Å²) in [4.78, 5) is 17.3. The van der Waals surface area contributed by atoms with Crippen LogP contribution >= 0.6 is 23.2 Å². The van der Waals surface area contributed by atoms with Crippen LogP contribution in [0.1, 0.15) is 21.7 Å². The van der Waals surface area contributed by atoms with Crippen LogP contribution in [0.2, 0.25) is 10.0 Å². The van der Waals surface area contributed by atoms with Crippen LogP contribution in [0, 0.1) is 13.8 Å². The number of rotatable bonds is 4. The minimum Gasteiger partial charge on any atom is -0.319 e. The number of hydrogen-bond acceptors (Lipinski definition) is 3. The summed E-state index contributed by atoms with van der Waals surface area (Å²) >= 11 is 12.5. The molecule has 0 aliphatic carbocycles. The van der Waals surface area contributed by atoms with Crippen LogP contribution in [0.4, 0.5) is 5.69 Å². The topological polar surface area (TPSA) is 59.8 Å². The molecule has 150 valence electrons. The van der Waals surface area contributed by atoms with E-state index in [1.807, 2.05) is 62.4 Å². The molecule has 0 radical (unpaired) electrons. The Morgan fingerprint density at radius 1 is 0.900 bits per heavy atom. The van der Waals surface area contributed by atoms with Gasteiger partial charge in [-0.1, -0.05) is 65.7 Å². The average Bonchev–Trinajstić information content (AvgIpc) is 3.19. The summed E-state index contributed by atoms with van der Waals surface area (Å²) in [6.45, 7) is 3.83. The Morgan fingerprint density at radius 2 is 1.57 bits per heavy atom. The highest BCUT2D eigenvalue weighted by molar-refractivity contribution is 6.32. The first-order valence-electron chi connectivity index (χ1n) is 9.29. The second kappa shape index (κ2) is 8.30. The number of aryl methyl sites for hydroxylation is 2. The lowest BCUT2D eigenvalue weighted by atomic mass is 10.2. The van der Waals surface area contributed by atoms with E-state index in [1.165, 1.54) is 0 Å². The van der Waals surface area contributed by atoms with Crippen molar-refractivity contribution in [2.45, 2.75) is 13.8 Å². The van der Waals surface area contributed by atoms with Crippen LogP contribution < -0.4 is 5.32 Å². The molecular formula is C23H18Cl2N4O. The van der Waals surface area contributed by atoms with Gasteiger partial charge in [0, 0.05) is 21.3 Å². The van der Waals surface area contributed by atoms with Gasteiger partial charge in [0.2, 0.25) is 5.82 Å². The van der Waals surface area contributed by atoms with Gasteiger partial charge in [0.1, 0.15) is 0 Å². The minimum absolute atomic E-state index is 0.0437. The van der Waals surface area contributed by atoms with E-state index < -0.39 is 5.91 Å². The van der Waals surface area contributed by atoms with E-state index in [0.29, 0.717) is 21.6 Å². The molecule has 30 heavy (non-hydrogen) atoms. The van der Waals surface area contributed by atoms with E-state index in [9.17, 15) is 4.79 Å². The van der Waals surface area contributed by atoms with Crippen LogP contribution in [0.3, 0.4) is 0 Å². The maximum absolute atomic E-state index is 12.8. The highest BCUT2D eigenvalue weighted by Gasteiger charge is 2.19. The normalized spacial score (nSPS) is 10.8. The average molecular weight is 437 g/mol. The van der Waals surface area contributed by atoms with E-state index in [2.05, 4.69) is 15.4 Å². The molecular weight excluding hydrogens is 419 g/mol. The number of carbonyl (C=O) groups is 1. The Hall–Kier alpha value is -3.15. The molecule has 1 aromatic heterocycles. The van der Waals surface area contributed by atoms with Gasteiger partial charge in [-0.05, 0) is 49.2 Å². The van der Waals surface area contributed by atoms with Crippen LogP contribution in [0.5, 0.6) is 0 Å². The molecule has 0 aliphatic heterocycles. The third-order valence-electron chi connectivity index (χ3n) is 4.67. The molecule has 0 unspecified atom stereocenters. The second-order valence-corrected chi connectivity index (χ2v) is 7.70. The number of benzene rings is 3. The van der Waals surface area contributed by atoms with Gasteiger partial charge in [0.15, 0.2) is 5.82 Å². The first-order valence-corrected chi connectivity index (χ1v) is 10.0. The smallest absolute Gasteiger partial charge is 0.295 e. The number of anilines is 1. The van der Waals surface area contributed by atoms with Crippen molar-refractivity contribution in [3.8, 4) is 17.1 Å². The number of hydrogen-bond donors (Lipinski definition) is 1. The van der Waals surface area contributed by atoms with Crippen molar-refractivity contribution in [2.24, 2.45) is 0 Å². The quantitative estimate of drug-likeness (QED) is 0.419. The van der Waals surface area contributed by atoms with Crippen LogP contribution in [0.25, 0.3) is 17.1 Å². The molecule has 0 bridgehead atoms. The molecule has 1 amide bonds. The molecule has 0 fully saturated rings. The van der Waals surface area contributed by atoms with Crippen molar-refractivity contribution in [2.75, 3.05) is 5.32 Å². The Kier molecular flexibility index (Phi) is 5.57. The van der Waals surface area contributed by atoms with Crippen LogP contribution in [0.15, 0.2) is 66.7 Å². The Morgan fingerprint density at radius 3 is 2.23 bits per heavy atom. The molecule has 1 heterocycles. The zero-order chi connectivity index (χ0) is 21.3. The van der Waals surface area contributed by atoms with E-state index in [4.69, 9.17) is 23.2 Å². The fraction of sp³-hybridized carbons (Fsp3) is 0.0870. The standard InChI is InChI=1S/C23H18Cl2N4O/c1-14-8-10-17(12-19(14)24)26-23(30)21-27-22(16-6-4-3-5-7-16)29(28-21)18-11-9-15(2)20(25)13-18/h3-13H,1-2H3,(H,26,30). The Balaban J connectivity index is 1.75. The summed E-state index contributed by atoms with van der Waals surface area (Å²) in [5.41, 5.74) is 4.01. The molecule has 0 spiro atoms. The molecule has 4 aromatic rings. The van der Waals surface area contributed by atoms with Crippen molar-refractivity contribution >= 4 is 34.8 Å². The first-order chi connectivity index (χ1) is 14.4. The predicted octanol–water partition coefficient (Wildman–Crippen LogP) is 6.11. The second-order valence-electron chi connectivity index (χ2n) is 6.89. The Labute approximate surface area is 184 Å². The summed E-state index contributed by atoms with van der Waals surface area (Å²) in [5, 5.41) is 8.46. The Bertz CT molecular complexity index is 1240. The van der Waals surface area contributed by atoms with E-state index in [-0.39, 0.29) is 5.82 Å². The fourth-order valence-corrected chi connectivity index (χ4v) is 3.29. The van der Waals surface area contributed by atoms with Gasteiger partial charge in [-0.25, -0.2) is 9.67 Å². The van der Waals surface area contributed by atoms with Crippen molar-refractivity contribution in [3.63, 3.8) is 0 Å².